The van der Waals surface area contributed by atoms with Crippen LogP contribution in [-0.2, 0) is 0 Å². The van der Waals surface area contributed by atoms with Gasteiger partial charge < -0.3 is 4.74 Å². The van der Waals surface area contributed by atoms with E-state index in [0.717, 1.165) is 0 Å². The van der Waals surface area contributed by atoms with Gasteiger partial charge in [-0.2, -0.15) is 0 Å². The summed E-state index contributed by atoms with van der Waals surface area (Å²) in [5, 5.41) is 8.57. The number of ether oxygens (including phenoxy) is 1. The van der Waals surface area contributed by atoms with Crippen LogP contribution in [0.1, 0.15) is 50.7 Å². The summed E-state index contributed by atoms with van der Waals surface area (Å²) in [6.45, 7) is 8.87. The van der Waals surface area contributed by atoms with E-state index in [1.165, 1.54) is 22.3 Å². The topological polar surface area (TPSA) is 33.0 Å². The lowest BCUT2D eigenvalue weighted by Gasteiger charge is -2.20. The molecule has 0 amide bonds. The summed E-state index contributed by atoms with van der Waals surface area (Å²) < 4.78 is 4.86. The molecule has 2 rings (SSSR count). The van der Waals surface area contributed by atoms with Gasteiger partial charge >= 0.3 is 0 Å². The van der Waals surface area contributed by atoms with Crippen molar-refractivity contribution < 1.29 is 4.74 Å². The molecule has 2 nitrogen and oxygen atoms in total. The van der Waals surface area contributed by atoms with Gasteiger partial charge in [-0.05, 0) is 46.2 Å². The summed E-state index contributed by atoms with van der Waals surface area (Å²) in [5.74, 6) is 1.51. The van der Waals surface area contributed by atoms with Crippen molar-refractivity contribution in [2.75, 3.05) is 0 Å². The molecule has 0 saturated carbocycles. The first kappa shape index (κ1) is 15.1. The molecule has 0 spiro atoms. The smallest absolute Gasteiger partial charge is 0.292 e. The zero-order valence-corrected chi connectivity index (χ0v) is 13.1. The van der Waals surface area contributed by atoms with Crippen LogP contribution in [0.25, 0.3) is 11.1 Å². The molecule has 108 valence electrons. The van der Waals surface area contributed by atoms with Crippen molar-refractivity contribution in [1.29, 1.82) is 5.26 Å². The predicted octanol–water partition coefficient (Wildman–Crippen LogP) is 5.46. The fourth-order valence-corrected chi connectivity index (χ4v) is 2.63. The van der Waals surface area contributed by atoms with Gasteiger partial charge in [0.05, 0.1) is 0 Å². The van der Waals surface area contributed by atoms with Crippen molar-refractivity contribution in [1.82, 2.24) is 0 Å². The molecule has 0 fully saturated rings. The Labute approximate surface area is 127 Å². The molecule has 2 aromatic rings. The Kier molecular flexibility index (Phi) is 4.65. The normalized spacial score (nSPS) is 10.7. The average molecular weight is 279 g/mol. The van der Waals surface area contributed by atoms with E-state index in [1.54, 1.807) is 6.26 Å². The second-order valence-electron chi connectivity index (χ2n) is 5.84. The van der Waals surface area contributed by atoms with Crippen LogP contribution in [-0.4, -0.2) is 0 Å². The van der Waals surface area contributed by atoms with Gasteiger partial charge in [0.1, 0.15) is 5.75 Å². The lowest BCUT2D eigenvalue weighted by molar-refractivity contribution is 0.507. The first-order valence-corrected chi connectivity index (χ1v) is 7.33. The van der Waals surface area contributed by atoms with Crippen molar-refractivity contribution in [3.63, 3.8) is 0 Å². The maximum absolute atomic E-state index is 8.57. The largest absolute Gasteiger partial charge is 0.388 e. The fourth-order valence-electron chi connectivity index (χ4n) is 2.63. The Hall–Kier alpha value is -2.27. The van der Waals surface area contributed by atoms with Crippen LogP contribution in [0, 0.1) is 11.5 Å². The van der Waals surface area contributed by atoms with E-state index >= 15 is 0 Å². The van der Waals surface area contributed by atoms with Gasteiger partial charge in [-0.25, -0.2) is 0 Å². The number of nitrogens with zero attached hydrogens (tertiary/aromatic N) is 1. The lowest BCUT2D eigenvalue weighted by atomic mass is 9.85. The van der Waals surface area contributed by atoms with Gasteiger partial charge in [0.15, 0.2) is 0 Å². The molecule has 0 atom stereocenters. The Bertz CT molecular complexity index is 622. The number of hydrogen-bond donors (Lipinski definition) is 0. The first-order valence-electron chi connectivity index (χ1n) is 7.33. The van der Waals surface area contributed by atoms with Crippen LogP contribution >= 0.6 is 0 Å². The van der Waals surface area contributed by atoms with Crippen molar-refractivity contribution in [3.05, 3.63) is 53.6 Å². The fraction of sp³-hybridized carbons (Fsp3) is 0.316. The molecule has 2 heteroatoms. The van der Waals surface area contributed by atoms with Gasteiger partial charge in [0.25, 0.3) is 6.26 Å². The highest BCUT2D eigenvalue weighted by molar-refractivity contribution is 5.73. The lowest BCUT2D eigenvalue weighted by Crippen LogP contribution is -1.99. The second kappa shape index (κ2) is 6.45. The van der Waals surface area contributed by atoms with Crippen LogP contribution in [0.4, 0.5) is 0 Å². The van der Waals surface area contributed by atoms with Crippen molar-refractivity contribution >= 4 is 0 Å². The number of rotatable bonds is 4. The van der Waals surface area contributed by atoms with Crippen LogP contribution in [0.2, 0.25) is 0 Å². The van der Waals surface area contributed by atoms with Crippen LogP contribution in [0.3, 0.4) is 0 Å². The molecular formula is C19H21NO. The molecule has 0 N–H and O–H groups in total. The summed E-state index contributed by atoms with van der Waals surface area (Å²) in [7, 11) is 0. The summed E-state index contributed by atoms with van der Waals surface area (Å²) in [5.41, 5.74) is 5.20. The highest BCUT2D eigenvalue weighted by Crippen LogP contribution is 2.36. The maximum atomic E-state index is 8.57. The number of nitriles is 1. The maximum Gasteiger partial charge on any atom is 0.292 e. The minimum Gasteiger partial charge on any atom is -0.388 e. The summed E-state index contributed by atoms with van der Waals surface area (Å²) in [6, 6.07) is 14.3. The third-order valence-corrected chi connectivity index (χ3v) is 3.68. The van der Waals surface area contributed by atoms with E-state index in [4.69, 9.17) is 10.00 Å². The van der Waals surface area contributed by atoms with E-state index in [9.17, 15) is 0 Å². The van der Waals surface area contributed by atoms with Crippen LogP contribution in [0.15, 0.2) is 42.5 Å². The Balaban J connectivity index is 2.58. The second-order valence-corrected chi connectivity index (χ2v) is 5.84. The van der Waals surface area contributed by atoms with Crippen LogP contribution in [0.5, 0.6) is 5.75 Å². The van der Waals surface area contributed by atoms with Crippen molar-refractivity contribution in [2.45, 2.75) is 39.5 Å². The molecule has 0 aliphatic carbocycles. The number of hydrogen-bond acceptors (Lipinski definition) is 2. The molecule has 0 radical (unpaired) electrons. The molecule has 0 unspecified atom stereocenters. The monoisotopic (exact) mass is 279 g/mol. The molecule has 0 aromatic heterocycles. The van der Waals surface area contributed by atoms with E-state index < -0.39 is 0 Å². The Morgan fingerprint density at radius 3 is 1.81 bits per heavy atom. The Morgan fingerprint density at radius 2 is 1.38 bits per heavy atom. The third kappa shape index (κ3) is 3.25. The quantitative estimate of drug-likeness (QED) is 0.696. The standard InChI is InChI=1S/C19H21NO/c1-13(2)17-6-5-7-18(14(3)4)19(17)15-8-10-16(11-9-15)21-12-20/h5-11,13-14H,1-4H3. The summed E-state index contributed by atoms with van der Waals surface area (Å²) >= 11 is 0. The van der Waals surface area contributed by atoms with Crippen molar-refractivity contribution in [2.24, 2.45) is 0 Å². The minimum atomic E-state index is 0.466. The van der Waals surface area contributed by atoms with E-state index in [0.29, 0.717) is 17.6 Å². The molecule has 21 heavy (non-hydrogen) atoms. The molecular weight excluding hydrogens is 258 g/mol. The molecule has 0 aliphatic rings. The average Bonchev–Trinajstić information content (AvgIpc) is 2.47. The van der Waals surface area contributed by atoms with Gasteiger partial charge in [0.2, 0.25) is 0 Å². The molecule has 0 saturated heterocycles. The zero-order chi connectivity index (χ0) is 15.4. The minimum absolute atomic E-state index is 0.466. The van der Waals surface area contributed by atoms with E-state index in [-0.39, 0.29) is 0 Å². The van der Waals surface area contributed by atoms with Crippen LogP contribution < -0.4 is 4.74 Å². The Morgan fingerprint density at radius 1 is 0.857 bits per heavy atom. The molecule has 0 heterocycles. The third-order valence-electron chi connectivity index (χ3n) is 3.68. The van der Waals surface area contributed by atoms with Gasteiger partial charge in [0, 0.05) is 0 Å². The highest BCUT2D eigenvalue weighted by atomic mass is 16.5. The van der Waals surface area contributed by atoms with E-state index in [2.05, 4.69) is 45.9 Å². The summed E-state index contributed by atoms with van der Waals surface area (Å²) in [6.07, 6.45) is 1.70. The molecule has 0 aliphatic heterocycles. The van der Waals surface area contributed by atoms with Gasteiger partial charge in [-0.1, -0.05) is 58.0 Å². The number of benzene rings is 2. The highest BCUT2D eigenvalue weighted by Gasteiger charge is 2.15. The summed E-state index contributed by atoms with van der Waals surface area (Å²) in [4.78, 5) is 0. The van der Waals surface area contributed by atoms with E-state index in [1.807, 2.05) is 24.3 Å². The zero-order valence-electron chi connectivity index (χ0n) is 13.1. The first-order chi connectivity index (χ1) is 10.0. The van der Waals surface area contributed by atoms with Gasteiger partial charge in [-0.15, -0.1) is 5.26 Å². The molecule has 0 bridgehead atoms. The molecule has 2 aromatic carbocycles. The van der Waals surface area contributed by atoms with Crippen molar-refractivity contribution in [3.8, 4) is 23.1 Å². The SMILES string of the molecule is CC(C)c1cccc(C(C)C)c1-c1ccc(OC#N)cc1. The van der Waals surface area contributed by atoms with Gasteiger partial charge in [-0.3, -0.25) is 0 Å². The predicted molar refractivity (Wildman–Crippen MR) is 86.3 cm³/mol.